The summed E-state index contributed by atoms with van der Waals surface area (Å²) in [5.41, 5.74) is 1.18. The molecule has 0 spiro atoms. The maximum atomic E-state index is 13.2. The fraction of sp³-hybridized carbons (Fsp3) is 0.571. The van der Waals surface area contributed by atoms with Crippen LogP contribution in [0, 0.1) is 15.3 Å². The Balaban J connectivity index is 1.83. The number of nitrogens with zero attached hydrogens (tertiary/aromatic N) is 1. The molecule has 0 amide bonds. The Morgan fingerprint density at radius 2 is 2.17 bits per heavy atom. The predicted molar refractivity (Wildman–Crippen MR) is 80.4 cm³/mol. The fourth-order valence-corrected chi connectivity index (χ4v) is 3.54. The topological polar surface area (TPSA) is 15.3 Å². The van der Waals surface area contributed by atoms with Crippen molar-refractivity contribution in [2.45, 2.75) is 31.8 Å². The summed E-state index contributed by atoms with van der Waals surface area (Å²) < 4.78 is 14.2. The van der Waals surface area contributed by atoms with E-state index in [9.17, 15) is 4.39 Å². The standard InChI is InChI=1S/C14H18FIN2/c1-9-7-17-13(10-2-3-10)8-18(9)14-5-4-11(15)6-12(14)16/h4-6,9-10,13,17H,2-3,7-8H2,1H3. The quantitative estimate of drug-likeness (QED) is 0.816. The summed E-state index contributed by atoms with van der Waals surface area (Å²) in [6.45, 7) is 4.30. The van der Waals surface area contributed by atoms with Crippen LogP contribution in [0.3, 0.4) is 0 Å². The summed E-state index contributed by atoms with van der Waals surface area (Å²) in [5.74, 6) is 0.711. The highest BCUT2D eigenvalue weighted by Crippen LogP contribution is 2.36. The second kappa shape index (κ2) is 4.96. The Hall–Kier alpha value is -0.360. The van der Waals surface area contributed by atoms with Crippen LogP contribution < -0.4 is 10.2 Å². The molecule has 0 bridgehead atoms. The molecule has 1 aliphatic carbocycles. The molecule has 18 heavy (non-hydrogen) atoms. The van der Waals surface area contributed by atoms with Crippen molar-refractivity contribution >= 4 is 28.3 Å². The number of nitrogens with one attached hydrogen (secondary N) is 1. The first-order chi connectivity index (χ1) is 8.65. The SMILES string of the molecule is CC1CNC(C2CC2)CN1c1ccc(F)cc1I. The number of rotatable bonds is 2. The summed E-state index contributed by atoms with van der Waals surface area (Å²) in [5, 5.41) is 3.64. The zero-order valence-electron chi connectivity index (χ0n) is 10.5. The summed E-state index contributed by atoms with van der Waals surface area (Å²) in [6.07, 6.45) is 2.72. The van der Waals surface area contributed by atoms with Crippen molar-refractivity contribution in [1.82, 2.24) is 5.32 Å². The molecule has 2 nitrogen and oxygen atoms in total. The Labute approximate surface area is 121 Å². The number of anilines is 1. The number of hydrogen-bond donors (Lipinski definition) is 1. The molecule has 2 unspecified atom stereocenters. The average molecular weight is 360 g/mol. The van der Waals surface area contributed by atoms with E-state index >= 15 is 0 Å². The molecule has 2 atom stereocenters. The predicted octanol–water partition coefficient (Wildman–Crippen LogP) is 3.01. The molecule has 1 saturated carbocycles. The van der Waals surface area contributed by atoms with Gasteiger partial charge in [0.15, 0.2) is 0 Å². The van der Waals surface area contributed by atoms with Crippen molar-refractivity contribution in [1.29, 1.82) is 0 Å². The second-order valence-electron chi connectivity index (χ2n) is 5.45. The van der Waals surface area contributed by atoms with Gasteiger partial charge in [-0.1, -0.05) is 0 Å². The molecule has 3 rings (SSSR count). The Morgan fingerprint density at radius 3 is 2.83 bits per heavy atom. The highest BCUT2D eigenvalue weighted by Gasteiger charge is 2.36. The van der Waals surface area contributed by atoms with Gasteiger partial charge >= 0.3 is 0 Å². The van der Waals surface area contributed by atoms with E-state index in [1.165, 1.54) is 18.5 Å². The Kier molecular flexibility index (Phi) is 3.49. The summed E-state index contributed by atoms with van der Waals surface area (Å²) in [6, 6.07) is 6.19. The molecule has 0 radical (unpaired) electrons. The van der Waals surface area contributed by atoms with Crippen LogP contribution in [0.2, 0.25) is 0 Å². The smallest absolute Gasteiger partial charge is 0.124 e. The Morgan fingerprint density at radius 1 is 1.39 bits per heavy atom. The molecule has 4 heteroatoms. The van der Waals surface area contributed by atoms with Gasteiger partial charge in [-0.15, -0.1) is 0 Å². The van der Waals surface area contributed by atoms with Gasteiger partial charge in [0, 0.05) is 28.7 Å². The number of hydrogen-bond acceptors (Lipinski definition) is 2. The molecule has 1 N–H and O–H groups in total. The third-order valence-corrected chi connectivity index (χ3v) is 4.88. The number of halogens is 2. The van der Waals surface area contributed by atoms with Gasteiger partial charge in [0.2, 0.25) is 0 Å². The van der Waals surface area contributed by atoms with Gasteiger partial charge in [-0.3, -0.25) is 0 Å². The van der Waals surface area contributed by atoms with E-state index in [0.29, 0.717) is 12.1 Å². The summed E-state index contributed by atoms with van der Waals surface area (Å²) in [7, 11) is 0. The summed E-state index contributed by atoms with van der Waals surface area (Å²) in [4.78, 5) is 2.43. The minimum Gasteiger partial charge on any atom is -0.365 e. The van der Waals surface area contributed by atoms with Gasteiger partial charge in [-0.05, 0) is 66.5 Å². The van der Waals surface area contributed by atoms with Crippen molar-refractivity contribution < 1.29 is 4.39 Å². The molecule has 1 saturated heterocycles. The van der Waals surface area contributed by atoms with Gasteiger partial charge in [0.1, 0.15) is 5.82 Å². The van der Waals surface area contributed by atoms with E-state index in [2.05, 4.69) is 39.7 Å². The molecular weight excluding hydrogens is 342 g/mol. The van der Waals surface area contributed by atoms with Crippen molar-refractivity contribution in [3.05, 3.63) is 27.6 Å². The lowest BCUT2D eigenvalue weighted by Gasteiger charge is -2.41. The highest BCUT2D eigenvalue weighted by molar-refractivity contribution is 14.1. The maximum absolute atomic E-state index is 13.2. The van der Waals surface area contributed by atoms with E-state index in [-0.39, 0.29) is 5.82 Å². The average Bonchev–Trinajstić information content (AvgIpc) is 3.14. The number of benzene rings is 1. The molecule has 0 aromatic heterocycles. The van der Waals surface area contributed by atoms with E-state index in [4.69, 9.17) is 0 Å². The van der Waals surface area contributed by atoms with Crippen LogP contribution in [0.4, 0.5) is 10.1 Å². The van der Waals surface area contributed by atoms with E-state index in [1.54, 1.807) is 12.1 Å². The minimum atomic E-state index is -0.148. The zero-order valence-corrected chi connectivity index (χ0v) is 12.7. The van der Waals surface area contributed by atoms with Crippen LogP contribution in [0.25, 0.3) is 0 Å². The molecular formula is C14H18FIN2. The van der Waals surface area contributed by atoms with Crippen molar-refractivity contribution in [2.75, 3.05) is 18.0 Å². The molecule has 2 fully saturated rings. The molecule has 2 aliphatic rings. The third-order valence-electron chi connectivity index (χ3n) is 4.01. The molecule has 1 heterocycles. The highest BCUT2D eigenvalue weighted by atomic mass is 127. The van der Waals surface area contributed by atoms with Gasteiger partial charge < -0.3 is 10.2 Å². The van der Waals surface area contributed by atoms with Crippen LogP contribution in [-0.2, 0) is 0 Å². The molecule has 1 aromatic carbocycles. The monoisotopic (exact) mass is 360 g/mol. The van der Waals surface area contributed by atoms with Gasteiger partial charge in [-0.25, -0.2) is 4.39 Å². The van der Waals surface area contributed by atoms with Gasteiger partial charge in [0.05, 0.1) is 5.69 Å². The molecule has 1 aromatic rings. The Bertz CT molecular complexity index is 447. The van der Waals surface area contributed by atoms with Crippen LogP contribution in [0.15, 0.2) is 18.2 Å². The minimum absolute atomic E-state index is 0.148. The first kappa shape index (κ1) is 12.7. The maximum Gasteiger partial charge on any atom is 0.124 e. The normalized spacial score (nSPS) is 28.5. The second-order valence-corrected chi connectivity index (χ2v) is 6.61. The van der Waals surface area contributed by atoms with Gasteiger partial charge in [-0.2, -0.15) is 0 Å². The molecule has 1 aliphatic heterocycles. The van der Waals surface area contributed by atoms with Crippen LogP contribution in [0.1, 0.15) is 19.8 Å². The van der Waals surface area contributed by atoms with Crippen molar-refractivity contribution in [3.63, 3.8) is 0 Å². The lowest BCUT2D eigenvalue weighted by Crippen LogP contribution is -2.56. The van der Waals surface area contributed by atoms with Crippen molar-refractivity contribution in [2.24, 2.45) is 5.92 Å². The molecule has 98 valence electrons. The van der Waals surface area contributed by atoms with Crippen molar-refractivity contribution in [3.8, 4) is 0 Å². The van der Waals surface area contributed by atoms with Crippen LogP contribution in [0.5, 0.6) is 0 Å². The largest absolute Gasteiger partial charge is 0.365 e. The van der Waals surface area contributed by atoms with E-state index in [0.717, 1.165) is 22.6 Å². The lowest BCUT2D eigenvalue weighted by atomic mass is 10.1. The van der Waals surface area contributed by atoms with Gasteiger partial charge in [0.25, 0.3) is 0 Å². The van der Waals surface area contributed by atoms with Crippen LogP contribution in [-0.4, -0.2) is 25.2 Å². The number of piperazine rings is 1. The summed E-state index contributed by atoms with van der Waals surface area (Å²) >= 11 is 2.24. The van der Waals surface area contributed by atoms with Crippen LogP contribution >= 0.6 is 22.6 Å². The lowest BCUT2D eigenvalue weighted by molar-refractivity contribution is 0.375. The first-order valence-corrected chi connectivity index (χ1v) is 7.68. The first-order valence-electron chi connectivity index (χ1n) is 6.60. The van der Waals surface area contributed by atoms with E-state index < -0.39 is 0 Å². The third kappa shape index (κ3) is 2.50. The zero-order chi connectivity index (χ0) is 12.7. The fourth-order valence-electron chi connectivity index (χ4n) is 2.75. The van der Waals surface area contributed by atoms with E-state index in [1.807, 2.05) is 6.07 Å².